The predicted octanol–water partition coefficient (Wildman–Crippen LogP) is 6.03. The van der Waals surface area contributed by atoms with Crippen molar-refractivity contribution < 1.29 is 9.53 Å². The summed E-state index contributed by atoms with van der Waals surface area (Å²) < 4.78 is 5.80. The first-order chi connectivity index (χ1) is 14.2. The van der Waals surface area contributed by atoms with Crippen LogP contribution in [0.1, 0.15) is 88.7 Å². The van der Waals surface area contributed by atoms with E-state index in [1.54, 1.807) is 0 Å². The van der Waals surface area contributed by atoms with Gasteiger partial charge in [-0.05, 0) is 77.6 Å². The molecule has 0 amide bonds. The molecule has 0 saturated heterocycles. The minimum atomic E-state index is -0.123. The average Bonchev–Trinajstić information content (AvgIpc) is 2.65. The van der Waals surface area contributed by atoms with Gasteiger partial charge in [0, 0.05) is 6.04 Å². The van der Waals surface area contributed by atoms with Crippen molar-refractivity contribution in [3.05, 3.63) is 29.3 Å². The van der Waals surface area contributed by atoms with Crippen molar-refractivity contribution in [3.8, 4) is 5.75 Å². The van der Waals surface area contributed by atoms with Crippen LogP contribution in [0.15, 0.2) is 18.2 Å². The standard InChI is InChI=1S/C26H46N2O2/c1-21(2)24-17-16-22(3)19-25(24)30-26(29)20-23(28(6)7)15-13-11-9-8-10-12-14-18-27(4)5/h16-17,19,21,23H,8-15,18,20H2,1-7H3. The van der Waals surface area contributed by atoms with Crippen LogP contribution in [0.25, 0.3) is 0 Å². The molecule has 1 atom stereocenters. The Morgan fingerprint density at radius 1 is 0.933 bits per heavy atom. The molecule has 0 saturated carbocycles. The van der Waals surface area contributed by atoms with Gasteiger partial charge >= 0.3 is 5.97 Å². The van der Waals surface area contributed by atoms with Crippen molar-refractivity contribution in [2.45, 2.75) is 90.5 Å². The van der Waals surface area contributed by atoms with E-state index in [0.717, 1.165) is 23.3 Å². The van der Waals surface area contributed by atoms with E-state index in [9.17, 15) is 4.79 Å². The molecule has 30 heavy (non-hydrogen) atoms. The van der Waals surface area contributed by atoms with E-state index < -0.39 is 0 Å². The van der Waals surface area contributed by atoms with E-state index in [0.29, 0.717) is 12.3 Å². The molecule has 0 heterocycles. The summed E-state index contributed by atoms with van der Waals surface area (Å²) in [6, 6.07) is 6.38. The number of carbonyl (C=O) groups is 1. The average molecular weight is 419 g/mol. The third kappa shape index (κ3) is 11.1. The molecule has 0 aliphatic carbocycles. The normalized spacial score (nSPS) is 12.7. The van der Waals surface area contributed by atoms with Crippen molar-refractivity contribution in [1.82, 2.24) is 9.80 Å². The van der Waals surface area contributed by atoms with Crippen molar-refractivity contribution >= 4 is 5.97 Å². The summed E-state index contributed by atoms with van der Waals surface area (Å²) in [5, 5.41) is 0. The molecule has 0 aliphatic rings. The second-order valence-electron chi connectivity index (χ2n) is 9.56. The number of hydrogen-bond acceptors (Lipinski definition) is 4. The molecule has 1 aromatic rings. The Morgan fingerprint density at radius 3 is 2.10 bits per heavy atom. The van der Waals surface area contributed by atoms with Gasteiger partial charge in [0.1, 0.15) is 5.75 Å². The summed E-state index contributed by atoms with van der Waals surface area (Å²) in [7, 11) is 8.41. The first-order valence-electron chi connectivity index (χ1n) is 11.8. The Labute approximate surface area is 186 Å². The van der Waals surface area contributed by atoms with Gasteiger partial charge < -0.3 is 14.5 Å². The van der Waals surface area contributed by atoms with Gasteiger partial charge in [0.25, 0.3) is 0 Å². The van der Waals surface area contributed by atoms with E-state index in [1.807, 2.05) is 13.0 Å². The summed E-state index contributed by atoms with van der Waals surface area (Å²) in [6.07, 6.45) is 10.5. The molecule has 1 rings (SSSR count). The zero-order valence-electron chi connectivity index (χ0n) is 20.7. The summed E-state index contributed by atoms with van der Waals surface area (Å²) in [5.41, 5.74) is 2.22. The van der Waals surface area contributed by atoms with E-state index in [1.165, 1.54) is 51.5 Å². The first-order valence-corrected chi connectivity index (χ1v) is 11.8. The molecule has 0 fully saturated rings. The van der Waals surface area contributed by atoms with Crippen LogP contribution >= 0.6 is 0 Å². The molecule has 0 aromatic heterocycles. The van der Waals surface area contributed by atoms with E-state index in [2.05, 4.69) is 64.0 Å². The highest BCUT2D eigenvalue weighted by Crippen LogP contribution is 2.28. The number of esters is 1. The van der Waals surface area contributed by atoms with Crippen molar-refractivity contribution in [2.75, 3.05) is 34.7 Å². The molecule has 172 valence electrons. The summed E-state index contributed by atoms with van der Waals surface area (Å²) in [5.74, 6) is 0.935. The SMILES string of the molecule is Cc1ccc(C(C)C)c(OC(=O)CC(CCCCCCCCCN(C)C)N(C)C)c1. The number of hydrogen-bond donors (Lipinski definition) is 0. The molecular weight excluding hydrogens is 372 g/mol. The van der Waals surface area contributed by atoms with Gasteiger partial charge in [0.05, 0.1) is 6.42 Å². The van der Waals surface area contributed by atoms with E-state index in [4.69, 9.17) is 4.74 Å². The number of carbonyl (C=O) groups excluding carboxylic acids is 1. The van der Waals surface area contributed by atoms with E-state index in [-0.39, 0.29) is 12.0 Å². The fourth-order valence-corrected chi connectivity index (χ4v) is 3.80. The summed E-state index contributed by atoms with van der Waals surface area (Å²) >= 11 is 0. The summed E-state index contributed by atoms with van der Waals surface area (Å²) in [6.45, 7) is 7.49. The topological polar surface area (TPSA) is 32.8 Å². The Bertz CT molecular complexity index is 611. The zero-order chi connectivity index (χ0) is 22.5. The maximum atomic E-state index is 12.6. The van der Waals surface area contributed by atoms with Crippen LogP contribution in [-0.4, -0.2) is 56.5 Å². The Morgan fingerprint density at radius 2 is 1.53 bits per heavy atom. The zero-order valence-corrected chi connectivity index (χ0v) is 20.7. The molecule has 0 aliphatic heterocycles. The number of ether oxygens (including phenoxy) is 1. The first kappa shape index (κ1) is 26.6. The lowest BCUT2D eigenvalue weighted by molar-refractivity contribution is -0.135. The van der Waals surface area contributed by atoms with Crippen LogP contribution in [-0.2, 0) is 4.79 Å². The second-order valence-corrected chi connectivity index (χ2v) is 9.56. The fraction of sp³-hybridized carbons (Fsp3) is 0.731. The Hall–Kier alpha value is -1.39. The van der Waals surface area contributed by atoms with Crippen LogP contribution < -0.4 is 4.74 Å². The van der Waals surface area contributed by atoms with Gasteiger partial charge in [-0.2, -0.15) is 0 Å². The fourth-order valence-electron chi connectivity index (χ4n) is 3.80. The molecule has 1 unspecified atom stereocenters. The second kappa shape index (κ2) is 14.6. The van der Waals surface area contributed by atoms with Gasteiger partial charge in [-0.15, -0.1) is 0 Å². The number of aryl methyl sites for hydroxylation is 1. The predicted molar refractivity (Wildman–Crippen MR) is 128 cm³/mol. The molecule has 4 heteroatoms. The molecule has 1 aromatic carbocycles. The monoisotopic (exact) mass is 418 g/mol. The van der Waals surface area contributed by atoms with Crippen LogP contribution in [0, 0.1) is 6.92 Å². The number of benzene rings is 1. The number of rotatable bonds is 15. The quantitative estimate of drug-likeness (QED) is 0.198. The van der Waals surface area contributed by atoms with Gasteiger partial charge in [0.15, 0.2) is 0 Å². The van der Waals surface area contributed by atoms with Crippen molar-refractivity contribution in [2.24, 2.45) is 0 Å². The van der Waals surface area contributed by atoms with Crippen molar-refractivity contribution in [1.29, 1.82) is 0 Å². The van der Waals surface area contributed by atoms with Crippen LogP contribution in [0.2, 0.25) is 0 Å². The highest BCUT2D eigenvalue weighted by atomic mass is 16.5. The van der Waals surface area contributed by atoms with Gasteiger partial charge in [-0.1, -0.05) is 64.5 Å². The lowest BCUT2D eigenvalue weighted by Gasteiger charge is -2.24. The van der Waals surface area contributed by atoms with Crippen LogP contribution in [0.4, 0.5) is 0 Å². The molecule has 0 radical (unpaired) electrons. The summed E-state index contributed by atoms with van der Waals surface area (Å²) in [4.78, 5) is 17.1. The minimum absolute atomic E-state index is 0.123. The highest BCUT2D eigenvalue weighted by Gasteiger charge is 2.19. The molecule has 4 nitrogen and oxygen atoms in total. The highest BCUT2D eigenvalue weighted by molar-refractivity contribution is 5.73. The van der Waals surface area contributed by atoms with Crippen molar-refractivity contribution in [3.63, 3.8) is 0 Å². The Balaban J connectivity index is 2.37. The molecular formula is C26H46N2O2. The van der Waals surface area contributed by atoms with Gasteiger partial charge in [-0.3, -0.25) is 4.79 Å². The lowest BCUT2D eigenvalue weighted by Crippen LogP contribution is -2.31. The number of unbranched alkanes of at least 4 members (excludes halogenated alkanes) is 6. The van der Waals surface area contributed by atoms with Crippen LogP contribution in [0.5, 0.6) is 5.75 Å². The smallest absolute Gasteiger partial charge is 0.312 e. The molecule has 0 bridgehead atoms. The van der Waals surface area contributed by atoms with Crippen LogP contribution in [0.3, 0.4) is 0 Å². The largest absolute Gasteiger partial charge is 0.426 e. The van der Waals surface area contributed by atoms with Gasteiger partial charge in [0.2, 0.25) is 0 Å². The number of nitrogens with zero attached hydrogens (tertiary/aromatic N) is 2. The maximum absolute atomic E-state index is 12.6. The third-order valence-electron chi connectivity index (χ3n) is 5.79. The maximum Gasteiger partial charge on any atom is 0.312 e. The minimum Gasteiger partial charge on any atom is -0.426 e. The van der Waals surface area contributed by atoms with Gasteiger partial charge in [-0.25, -0.2) is 0 Å². The molecule has 0 N–H and O–H groups in total. The third-order valence-corrected chi connectivity index (χ3v) is 5.79. The Kier molecular flexibility index (Phi) is 13.0. The molecule has 0 spiro atoms. The lowest BCUT2D eigenvalue weighted by atomic mass is 10.0. The van der Waals surface area contributed by atoms with E-state index >= 15 is 0 Å².